The molecule has 0 amide bonds. The molecule has 88 valence electrons. The molecule has 1 aromatic rings. The van der Waals surface area contributed by atoms with E-state index in [0.717, 1.165) is 13.2 Å². The van der Waals surface area contributed by atoms with E-state index in [4.69, 9.17) is 9.47 Å². The molecule has 16 heavy (non-hydrogen) atoms. The molecule has 1 aliphatic rings. The van der Waals surface area contributed by atoms with Crippen molar-refractivity contribution in [3.8, 4) is 0 Å². The van der Waals surface area contributed by atoms with Crippen LogP contribution in [0.1, 0.15) is 19.5 Å². The second-order valence-electron chi connectivity index (χ2n) is 4.05. The first-order valence-electron chi connectivity index (χ1n) is 5.84. The highest BCUT2D eigenvalue weighted by Gasteiger charge is 2.35. The predicted molar refractivity (Wildman–Crippen MR) is 64.4 cm³/mol. The first kappa shape index (κ1) is 11.4. The zero-order valence-corrected chi connectivity index (χ0v) is 9.98. The molecule has 3 heteroatoms. The van der Waals surface area contributed by atoms with Gasteiger partial charge in [0.05, 0.1) is 18.6 Å². The highest BCUT2D eigenvalue weighted by molar-refractivity contribution is 5.46. The number of ether oxygens (including phenoxy) is 2. The number of fused-ring (bicyclic) bond motifs is 1. The van der Waals surface area contributed by atoms with E-state index < -0.39 is 0 Å². The van der Waals surface area contributed by atoms with Crippen molar-refractivity contribution < 1.29 is 9.47 Å². The third-order valence-corrected chi connectivity index (χ3v) is 2.97. The molecule has 2 heterocycles. The lowest BCUT2D eigenvalue weighted by Crippen LogP contribution is -2.34. The van der Waals surface area contributed by atoms with Gasteiger partial charge < -0.3 is 14.0 Å². The Labute approximate surface area is 96.7 Å². The van der Waals surface area contributed by atoms with Gasteiger partial charge in [0, 0.05) is 31.3 Å². The molecule has 0 saturated heterocycles. The van der Waals surface area contributed by atoms with Gasteiger partial charge in [0.15, 0.2) is 0 Å². The molecule has 2 rings (SSSR count). The van der Waals surface area contributed by atoms with Crippen LogP contribution in [0.4, 0.5) is 0 Å². The maximum absolute atomic E-state index is 5.60. The fraction of sp³-hybridized carbons (Fsp3) is 0.538. The van der Waals surface area contributed by atoms with Gasteiger partial charge in [0.2, 0.25) is 0 Å². The van der Waals surface area contributed by atoms with Crippen LogP contribution in [0.3, 0.4) is 0 Å². The highest BCUT2D eigenvalue weighted by atomic mass is 16.5. The fourth-order valence-electron chi connectivity index (χ4n) is 2.11. The quantitative estimate of drug-likeness (QED) is 0.735. The van der Waals surface area contributed by atoms with Crippen molar-refractivity contribution in [3.05, 3.63) is 30.1 Å². The van der Waals surface area contributed by atoms with Crippen LogP contribution in [-0.4, -0.2) is 31.0 Å². The van der Waals surface area contributed by atoms with Crippen LogP contribution in [0.15, 0.2) is 24.4 Å². The van der Waals surface area contributed by atoms with E-state index in [0.29, 0.717) is 13.2 Å². The number of rotatable bonds is 6. The summed E-state index contributed by atoms with van der Waals surface area (Å²) in [5, 5.41) is 0. The van der Waals surface area contributed by atoms with Crippen LogP contribution in [-0.2, 0) is 14.9 Å². The van der Waals surface area contributed by atoms with Gasteiger partial charge in [-0.1, -0.05) is 6.08 Å². The van der Waals surface area contributed by atoms with Crippen molar-refractivity contribution in [2.45, 2.75) is 19.3 Å². The second-order valence-corrected chi connectivity index (χ2v) is 4.05. The minimum atomic E-state index is -0.102. The Kier molecular flexibility index (Phi) is 3.46. The average molecular weight is 221 g/mol. The molecular formula is C13H19NO2. The molecule has 0 aliphatic carbocycles. The normalized spacial score (nSPS) is 16.6. The smallest absolute Gasteiger partial charge is 0.0772 e. The van der Waals surface area contributed by atoms with E-state index in [1.165, 1.54) is 5.69 Å². The van der Waals surface area contributed by atoms with Gasteiger partial charge in [-0.25, -0.2) is 0 Å². The summed E-state index contributed by atoms with van der Waals surface area (Å²) in [6.07, 6.45) is 6.34. The first-order chi connectivity index (χ1) is 7.82. The molecule has 0 atom stereocenters. The van der Waals surface area contributed by atoms with Crippen molar-refractivity contribution in [1.82, 2.24) is 4.57 Å². The zero-order chi connectivity index (χ0) is 11.4. The van der Waals surface area contributed by atoms with Gasteiger partial charge in [0.1, 0.15) is 0 Å². The molecule has 1 aromatic heterocycles. The molecule has 0 spiro atoms. The zero-order valence-electron chi connectivity index (χ0n) is 9.98. The summed E-state index contributed by atoms with van der Waals surface area (Å²) >= 11 is 0. The molecule has 3 nitrogen and oxygen atoms in total. The first-order valence-corrected chi connectivity index (χ1v) is 5.84. The molecule has 1 aliphatic heterocycles. The maximum Gasteiger partial charge on any atom is 0.0772 e. The number of hydrogen-bond donors (Lipinski definition) is 0. The summed E-state index contributed by atoms with van der Waals surface area (Å²) in [6, 6.07) is 4.20. The lowest BCUT2D eigenvalue weighted by atomic mass is 9.87. The van der Waals surface area contributed by atoms with Crippen molar-refractivity contribution in [1.29, 1.82) is 0 Å². The molecular weight excluding hydrogens is 202 g/mol. The summed E-state index contributed by atoms with van der Waals surface area (Å²) in [7, 11) is 0. The summed E-state index contributed by atoms with van der Waals surface area (Å²) in [6.45, 7) is 6.89. The van der Waals surface area contributed by atoms with Crippen molar-refractivity contribution in [2.75, 3.05) is 26.4 Å². The second kappa shape index (κ2) is 4.85. The molecule has 0 fully saturated rings. The SMILES string of the molecule is CCOCC1(COCC)C=Cn2cccc21. The topological polar surface area (TPSA) is 23.4 Å². The minimum absolute atomic E-state index is 0.102. The minimum Gasteiger partial charge on any atom is -0.380 e. The third kappa shape index (κ3) is 1.93. The van der Waals surface area contributed by atoms with Gasteiger partial charge in [-0.15, -0.1) is 0 Å². The van der Waals surface area contributed by atoms with Crippen LogP contribution >= 0.6 is 0 Å². The van der Waals surface area contributed by atoms with Crippen molar-refractivity contribution >= 4 is 6.20 Å². The summed E-state index contributed by atoms with van der Waals surface area (Å²) in [5.74, 6) is 0. The molecule has 0 aromatic carbocycles. The summed E-state index contributed by atoms with van der Waals surface area (Å²) < 4.78 is 13.3. The highest BCUT2D eigenvalue weighted by Crippen LogP contribution is 2.33. The number of nitrogens with zero attached hydrogens (tertiary/aromatic N) is 1. The summed E-state index contributed by atoms with van der Waals surface area (Å²) in [5.41, 5.74) is 1.16. The Morgan fingerprint density at radius 1 is 1.19 bits per heavy atom. The summed E-state index contributed by atoms with van der Waals surface area (Å²) in [4.78, 5) is 0. The molecule has 0 N–H and O–H groups in total. The predicted octanol–water partition coefficient (Wildman–Crippen LogP) is 2.28. The molecule has 0 unspecified atom stereocenters. The lowest BCUT2D eigenvalue weighted by molar-refractivity contribution is 0.0465. The van der Waals surface area contributed by atoms with E-state index in [9.17, 15) is 0 Å². The molecule has 0 bridgehead atoms. The maximum atomic E-state index is 5.60. The number of hydrogen-bond acceptors (Lipinski definition) is 2. The Hall–Kier alpha value is -1.06. The Morgan fingerprint density at radius 2 is 1.88 bits per heavy atom. The molecule has 0 radical (unpaired) electrons. The average Bonchev–Trinajstić information content (AvgIpc) is 2.87. The Balaban J connectivity index is 2.19. The van der Waals surface area contributed by atoms with Crippen molar-refractivity contribution in [3.63, 3.8) is 0 Å². The Morgan fingerprint density at radius 3 is 2.50 bits per heavy atom. The molecule has 0 saturated carbocycles. The van der Waals surface area contributed by atoms with Crippen molar-refractivity contribution in [2.24, 2.45) is 0 Å². The fourth-order valence-corrected chi connectivity index (χ4v) is 2.11. The number of aromatic nitrogens is 1. The van der Waals surface area contributed by atoms with Gasteiger partial charge in [-0.3, -0.25) is 0 Å². The van der Waals surface area contributed by atoms with E-state index in [1.54, 1.807) is 0 Å². The van der Waals surface area contributed by atoms with Crippen LogP contribution < -0.4 is 0 Å². The van der Waals surface area contributed by atoms with E-state index >= 15 is 0 Å². The van der Waals surface area contributed by atoms with Crippen LogP contribution in [0.25, 0.3) is 6.20 Å². The Bertz CT molecular complexity index is 360. The lowest BCUT2D eigenvalue weighted by Gasteiger charge is -2.26. The van der Waals surface area contributed by atoms with Crippen LogP contribution in [0.2, 0.25) is 0 Å². The van der Waals surface area contributed by atoms with Crippen LogP contribution in [0.5, 0.6) is 0 Å². The van der Waals surface area contributed by atoms with Gasteiger partial charge >= 0.3 is 0 Å². The van der Waals surface area contributed by atoms with Gasteiger partial charge in [-0.05, 0) is 26.0 Å². The van der Waals surface area contributed by atoms with Gasteiger partial charge in [0.25, 0.3) is 0 Å². The van der Waals surface area contributed by atoms with E-state index in [1.807, 2.05) is 13.8 Å². The van der Waals surface area contributed by atoms with Gasteiger partial charge in [-0.2, -0.15) is 0 Å². The van der Waals surface area contributed by atoms with E-state index in [2.05, 4.69) is 35.2 Å². The largest absolute Gasteiger partial charge is 0.380 e. The van der Waals surface area contributed by atoms with E-state index in [-0.39, 0.29) is 5.41 Å². The standard InChI is InChI=1S/C13H19NO2/c1-3-15-10-13(11-16-4-2)7-9-14-8-5-6-12(13)14/h5-9H,3-4,10-11H2,1-2H3. The van der Waals surface area contributed by atoms with Crippen LogP contribution in [0, 0.1) is 0 Å². The monoisotopic (exact) mass is 221 g/mol. The third-order valence-electron chi connectivity index (χ3n) is 2.97.